The lowest BCUT2D eigenvalue weighted by Crippen LogP contribution is -2.37. The van der Waals surface area contributed by atoms with E-state index in [0.717, 1.165) is 11.3 Å². The third-order valence-corrected chi connectivity index (χ3v) is 3.23. The number of carbonyl (C=O) groups is 1. The van der Waals surface area contributed by atoms with Gasteiger partial charge in [0.05, 0.1) is 6.54 Å². The summed E-state index contributed by atoms with van der Waals surface area (Å²) in [6, 6.07) is 5.30. The van der Waals surface area contributed by atoms with Crippen molar-refractivity contribution in [3.63, 3.8) is 0 Å². The topological polar surface area (TPSA) is 49.6 Å². The quantitative estimate of drug-likeness (QED) is 0.844. The monoisotopic (exact) mass is 299 g/mol. The zero-order valence-electron chi connectivity index (χ0n) is 11.3. The number of carbonyl (C=O) groups excluding carboxylic acids is 1. The van der Waals surface area contributed by atoms with Crippen LogP contribution in [0.15, 0.2) is 18.2 Å². The number of anilines is 1. The fourth-order valence-electron chi connectivity index (χ4n) is 1.65. The first-order chi connectivity index (χ1) is 8.86. The van der Waals surface area contributed by atoms with Gasteiger partial charge in [-0.2, -0.15) is 0 Å². The van der Waals surface area contributed by atoms with Crippen molar-refractivity contribution in [3.8, 4) is 0 Å². The van der Waals surface area contributed by atoms with Gasteiger partial charge in [-0.1, -0.05) is 23.8 Å². The van der Waals surface area contributed by atoms with Gasteiger partial charge in [0.25, 0.3) is 0 Å². The molecule has 0 saturated carbocycles. The maximum Gasteiger partial charge on any atom is 0.241 e. The molecule has 0 atom stereocenters. The Hall–Kier alpha value is -1.33. The summed E-state index contributed by atoms with van der Waals surface area (Å²) in [6.07, 6.45) is 0. The van der Waals surface area contributed by atoms with E-state index in [2.05, 4.69) is 0 Å². The Balaban J connectivity index is 3.13. The molecule has 0 aliphatic heterocycles. The van der Waals surface area contributed by atoms with Crippen molar-refractivity contribution in [2.24, 2.45) is 5.73 Å². The number of likely N-dealkylation sites (N-methyl/N-ethyl adjacent to an activating group) is 2. The highest BCUT2D eigenvalue weighted by Gasteiger charge is 2.16. The molecule has 2 N–H and O–H groups in total. The Labute approximate surface area is 124 Å². The molecular weight excluding hydrogens is 282 g/mol. The minimum absolute atomic E-state index is 0.00992. The Morgan fingerprint density at radius 1 is 1.42 bits per heavy atom. The number of hydrogen-bond donors (Lipinski definition) is 1. The predicted octanol–water partition coefficient (Wildman–Crippen LogP) is 1.89. The molecule has 1 rings (SSSR count). The fraction of sp³-hybridized carbons (Fsp3) is 0.385. The van der Waals surface area contributed by atoms with Gasteiger partial charge in [0, 0.05) is 36.9 Å². The second-order valence-corrected chi connectivity index (χ2v) is 5.20. The summed E-state index contributed by atoms with van der Waals surface area (Å²) in [5.74, 6) is 0.00992. The van der Waals surface area contributed by atoms with Crippen LogP contribution in [0.1, 0.15) is 12.5 Å². The van der Waals surface area contributed by atoms with Crippen LogP contribution in [0.4, 0.5) is 5.69 Å². The molecule has 0 aliphatic rings. The molecule has 0 aliphatic carbocycles. The standard InChI is InChI=1S/C13H18ClN3OS/c1-4-17(8-12(18)16(2)3)11-7-9(14)5-6-10(11)13(15)19/h5-7H,4,8H2,1-3H3,(H2,15,19). The molecule has 0 fully saturated rings. The lowest BCUT2D eigenvalue weighted by Gasteiger charge is -2.26. The van der Waals surface area contributed by atoms with E-state index in [9.17, 15) is 4.79 Å². The van der Waals surface area contributed by atoms with Gasteiger partial charge in [0.15, 0.2) is 0 Å². The first-order valence-corrected chi connectivity index (χ1v) is 6.69. The van der Waals surface area contributed by atoms with Crippen molar-refractivity contribution in [1.29, 1.82) is 0 Å². The van der Waals surface area contributed by atoms with Gasteiger partial charge >= 0.3 is 0 Å². The Morgan fingerprint density at radius 2 is 2.05 bits per heavy atom. The van der Waals surface area contributed by atoms with Crippen LogP contribution >= 0.6 is 23.8 Å². The molecule has 0 unspecified atom stereocenters. The average Bonchev–Trinajstić information content (AvgIpc) is 2.34. The van der Waals surface area contributed by atoms with Gasteiger partial charge in [-0.05, 0) is 25.1 Å². The highest BCUT2D eigenvalue weighted by atomic mass is 35.5. The molecular formula is C13H18ClN3OS. The van der Waals surface area contributed by atoms with Crippen LogP contribution in [0.2, 0.25) is 5.02 Å². The second kappa shape index (κ2) is 6.73. The molecule has 1 aromatic rings. The molecule has 0 radical (unpaired) electrons. The molecule has 0 aromatic heterocycles. The SMILES string of the molecule is CCN(CC(=O)N(C)C)c1cc(Cl)ccc1C(N)=S. The zero-order valence-corrected chi connectivity index (χ0v) is 12.9. The first-order valence-electron chi connectivity index (χ1n) is 5.91. The summed E-state index contributed by atoms with van der Waals surface area (Å²) < 4.78 is 0. The number of benzene rings is 1. The van der Waals surface area contributed by atoms with E-state index in [4.69, 9.17) is 29.6 Å². The van der Waals surface area contributed by atoms with Crippen molar-refractivity contribution < 1.29 is 4.79 Å². The molecule has 0 spiro atoms. The minimum Gasteiger partial charge on any atom is -0.389 e. The number of nitrogens with two attached hydrogens (primary N) is 1. The van der Waals surface area contributed by atoms with E-state index in [0.29, 0.717) is 16.6 Å². The number of halogens is 1. The van der Waals surface area contributed by atoms with E-state index in [1.54, 1.807) is 37.2 Å². The van der Waals surface area contributed by atoms with Crippen molar-refractivity contribution in [2.45, 2.75) is 6.92 Å². The van der Waals surface area contributed by atoms with E-state index >= 15 is 0 Å². The maximum atomic E-state index is 11.8. The molecule has 19 heavy (non-hydrogen) atoms. The summed E-state index contributed by atoms with van der Waals surface area (Å²) in [7, 11) is 3.45. The molecule has 4 nitrogen and oxygen atoms in total. The van der Waals surface area contributed by atoms with Crippen molar-refractivity contribution in [1.82, 2.24) is 4.90 Å². The molecule has 1 amide bonds. The lowest BCUT2D eigenvalue weighted by molar-refractivity contribution is -0.127. The number of amides is 1. The zero-order chi connectivity index (χ0) is 14.6. The summed E-state index contributed by atoms with van der Waals surface area (Å²) in [4.78, 5) is 15.6. The van der Waals surface area contributed by atoms with Gasteiger partial charge in [-0.25, -0.2) is 0 Å². The normalized spacial score (nSPS) is 10.1. The Morgan fingerprint density at radius 3 is 2.53 bits per heavy atom. The number of thiocarbonyl (C=S) groups is 1. The van der Waals surface area contributed by atoms with Crippen molar-refractivity contribution in [2.75, 3.05) is 32.1 Å². The molecule has 0 bridgehead atoms. The van der Waals surface area contributed by atoms with Crippen LogP contribution in [0, 0.1) is 0 Å². The number of rotatable bonds is 5. The van der Waals surface area contributed by atoms with Crippen molar-refractivity contribution in [3.05, 3.63) is 28.8 Å². The van der Waals surface area contributed by atoms with Crippen LogP contribution < -0.4 is 10.6 Å². The highest BCUT2D eigenvalue weighted by molar-refractivity contribution is 7.80. The molecule has 0 heterocycles. The predicted molar refractivity (Wildman–Crippen MR) is 83.9 cm³/mol. The summed E-state index contributed by atoms with van der Waals surface area (Å²) in [5.41, 5.74) is 7.23. The largest absolute Gasteiger partial charge is 0.389 e. The van der Waals surface area contributed by atoms with Gasteiger partial charge in [-0.15, -0.1) is 0 Å². The maximum absolute atomic E-state index is 11.8. The molecule has 104 valence electrons. The van der Waals surface area contributed by atoms with Crippen LogP contribution in [-0.4, -0.2) is 43.0 Å². The summed E-state index contributed by atoms with van der Waals surface area (Å²) in [5, 5.41) is 0.589. The van der Waals surface area contributed by atoms with Gasteiger partial charge in [0.1, 0.15) is 4.99 Å². The van der Waals surface area contributed by atoms with E-state index < -0.39 is 0 Å². The van der Waals surface area contributed by atoms with Crippen LogP contribution in [0.3, 0.4) is 0 Å². The second-order valence-electron chi connectivity index (χ2n) is 4.33. The van der Waals surface area contributed by atoms with Gasteiger partial charge < -0.3 is 15.5 Å². The number of nitrogens with zero attached hydrogens (tertiary/aromatic N) is 2. The lowest BCUT2D eigenvalue weighted by atomic mass is 10.1. The molecule has 1 aromatic carbocycles. The average molecular weight is 300 g/mol. The summed E-state index contributed by atoms with van der Waals surface area (Å²) >= 11 is 11.1. The van der Waals surface area contributed by atoms with Crippen LogP contribution in [0.25, 0.3) is 0 Å². The highest BCUT2D eigenvalue weighted by Crippen LogP contribution is 2.25. The van der Waals surface area contributed by atoms with E-state index in [1.165, 1.54) is 0 Å². The van der Waals surface area contributed by atoms with Crippen LogP contribution in [0.5, 0.6) is 0 Å². The molecule has 0 saturated heterocycles. The third-order valence-electron chi connectivity index (χ3n) is 2.77. The van der Waals surface area contributed by atoms with Gasteiger partial charge in [-0.3, -0.25) is 4.79 Å². The van der Waals surface area contributed by atoms with Crippen LogP contribution in [-0.2, 0) is 4.79 Å². The minimum atomic E-state index is 0.00992. The van der Waals surface area contributed by atoms with E-state index in [-0.39, 0.29) is 12.5 Å². The first kappa shape index (κ1) is 15.7. The molecule has 6 heteroatoms. The van der Waals surface area contributed by atoms with Gasteiger partial charge in [0.2, 0.25) is 5.91 Å². The third kappa shape index (κ3) is 4.08. The number of hydrogen-bond acceptors (Lipinski definition) is 3. The summed E-state index contributed by atoms with van der Waals surface area (Å²) in [6.45, 7) is 2.89. The Bertz CT molecular complexity index is 491. The fourth-order valence-corrected chi connectivity index (χ4v) is 1.99. The smallest absolute Gasteiger partial charge is 0.241 e. The Kier molecular flexibility index (Phi) is 5.57. The van der Waals surface area contributed by atoms with E-state index in [1.807, 2.05) is 11.8 Å². The van der Waals surface area contributed by atoms with Crippen molar-refractivity contribution >= 4 is 40.4 Å².